The molecule has 1 aliphatic rings. The lowest BCUT2D eigenvalue weighted by atomic mass is 10.1. The number of amides is 1. The van der Waals surface area contributed by atoms with Gasteiger partial charge in [-0.15, -0.1) is 0 Å². The van der Waals surface area contributed by atoms with Crippen molar-refractivity contribution in [3.05, 3.63) is 36.3 Å². The van der Waals surface area contributed by atoms with E-state index >= 15 is 0 Å². The number of ether oxygens (including phenoxy) is 1. The number of benzene rings is 1. The lowest BCUT2D eigenvalue weighted by molar-refractivity contribution is -0.112. The molecule has 2 heterocycles. The Morgan fingerprint density at radius 1 is 1.36 bits per heavy atom. The van der Waals surface area contributed by atoms with Crippen LogP contribution in [0.1, 0.15) is 19.5 Å². The number of imidazole rings is 1. The second kappa shape index (κ2) is 4.87. The molecule has 2 aromatic rings. The number of hydrogen-bond donors (Lipinski definition) is 2. The number of primary amides is 1. The van der Waals surface area contributed by atoms with Crippen molar-refractivity contribution in [2.75, 3.05) is 12.4 Å². The van der Waals surface area contributed by atoms with Crippen LogP contribution >= 0.6 is 0 Å². The summed E-state index contributed by atoms with van der Waals surface area (Å²) in [6, 6.07) is 7.56. The number of carbonyl (C=O) groups excluding carboxylic acids is 1. The number of aliphatic imine (C=N–C) groups is 1. The molecular formula is C15H17N5O2. The van der Waals surface area contributed by atoms with Crippen LogP contribution in [0.5, 0.6) is 5.75 Å². The number of fused-ring (bicyclic) bond motifs is 1. The van der Waals surface area contributed by atoms with E-state index in [1.165, 1.54) is 0 Å². The first-order chi connectivity index (χ1) is 10.4. The third-order valence-electron chi connectivity index (χ3n) is 3.39. The van der Waals surface area contributed by atoms with Gasteiger partial charge in [-0.3, -0.25) is 9.36 Å². The van der Waals surface area contributed by atoms with Crippen molar-refractivity contribution in [1.82, 2.24) is 9.55 Å². The van der Waals surface area contributed by atoms with Crippen LogP contribution in [0.15, 0.2) is 35.6 Å². The molecule has 0 atom stereocenters. The largest absolute Gasteiger partial charge is 0.495 e. The molecule has 0 saturated carbocycles. The molecule has 1 aliphatic heterocycles. The first-order valence-corrected chi connectivity index (χ1v) is 6.82. The molecule has 1 amide bonds. The minimum absolute atomic E-state index is 0.174. The molecular weight excluding hydrogens is 282 g/mol. The highest BCUT2D eigenvalue weighted by Crippen LogP contribution is 2.32. The summed E-state index contributed by atoms with van der Waals surface area (Å²) < 4.78 is 7.22. The second-order valence-electron chi connectivity index (χ2n) is 5.49. The molecule has 114 valence electrons. The van der Waals surface area contributed by atoms with E-state index in [0.29, 0.717) is 17.3 Å². The van der Waals surface area contributed by atoms with Crippen LogP contribution in [0.25, 0.3) is 5.69 Å². The molecule has 22 heavy (non-hydrogen) atoms. The maximum atomic E-state index is 11.7. The second-order valence-corrected chi connectivity index (χ2v) is 5.49. The highest BCUT2D eigenvalue weighted by atomic mass is 16.5. The van der Waals surface area contributed by atoms with Gasteiger partial charge in [0.15, 0.2) is 5.71 Å². The van der Waals surface area contributed by atoms with E-state index in [9.17, 15) is 4.79 Å². The summed E-state index contributed by atoms with van der Waals surface area (Å²) in [7, 11) is 1.61. The van der Waals surface area contributed by atoms with E-state index in [2.05, 4.69) is 15.3 Å². The molecule has 0 saturated heterocycles. The SMILES string of the molecule is COc1ccccc1-n1cnc2c1NC(C)(C)N=C2C(N)=O. The molecule has 1 aromatic heterocycles. The van der Waals surface area contributed by atoms with Crippen molar-refractivity contribution in [3.8, 4) is 11.4 Å². The quantitative estimate of drug-likeness (QED) is 0.893. The fourth-order valence-electron chi connectivity index (χ4n) is 2.47. The van der Waals surface area contributed by atoms with Crippen LogP contribution in [0.2, 0.25) is 0 Å². The third-order valence-corrected chi connectivity index (χ3v) is 3.39. The van der Waals surface area contributed by atoms with Crippen LogP contribution in [-0.4, -0.2) is 33.9 Å². The summed E-state index contributed by atoms with van der Waals surface area (Å²) in [6.45, 7) is 3.72. The number of nitrogens with one attached hydrogen (secondary N) is 1. The molecule has 0 aliphatic carbocycles. The number of nitrogens with two attached hydrogens (primary N) is 1. The normalized spacial score (nSPS) is 15.5. The van der Waals surface area contributed by atoms with E-state index in [-0.39, 0.29) is 5.71 Å². The maximum absolute atomic E-state index is 11.7. The molecule has 7 nitrogen and oxygen atoms in total. The van der Waals surface area contributed by atoms with Crippen LogP contribution < -0.4 is 15.8 Å². The van der Waals surface area contributed by atoms with Gasteiger partial charge in [-0.05, 0) is 26.0 Å². The van der Waals surface area contributed by atoms with Crippen molar-refractivity contribution >= 4 is 17.4 Å². The number of hydrogen-bond acceptors (Lipinski definition) is 5. The first-order valence-electron chi connectivity index (χ1n) is 6.82. The Kier molecular flexibility index (Phi) is 3.13. The van der Waals surface area contributed by atoms with Gasteiger partial charge in [-0.1, -0.05) is 12.1 Å². The van der Waals surface area contributed by atoms with Crippen LogP contribution in [0.4, 0.5) is 5.82 Å². The maximum Gasteiger partial charge on any atom is 0.269 e. The van der Waals surface area contributed by atoms with Gasteiger partial charge in [0.25, 0.3) is 5.91 Å². The lowest BCUT2D eigenvalue weighted by Crippen LogP contribution is -2.39. The number of rotatable bonds is 3. The molecule has 0 unspecified atom stereocenters. The highest BCUT2D eigenvalue weighted by molar-refractivity contribution is 6.45. The number of methoxy groups -OCH3 is 1. The van der Waals surface area contributed by atoms with Crippen molar-refractivity contribution in [2.24, 2.45) is 10.7 Å². The summed E-state index contributed by atoms with van der Waals surface area (Å²) >= 11 is 0. The van der Waals surface area contributed by atoms with Crippen molar-refractivity contribution in [3.63, 3.8) is 0 Å². The fraction of sp³-hybridized carbons (Fsp3) is 0.267. The zero-order valence-corrected chi connectivity index (χ0v) is 12.6. The predicted octanol–water partition coefficient (Wildman–Crippen LogP) is 1.32. The van der Waals surface area contributed by atoms with Crippen molar-refractivity contribution < 1.29 is 9.53 Å². The fourth-order valence-corrected chi connectivity index (χ4v) is 2.47. The smallest absolute Gasteiger partial charge is 0.269 e. The standard InChI is InChI=1S/C15H17N5O2/c1-15(2)18-11(13(16)21)12-14(19-15)20(8-17-12)9-6-4-5-7-10(9)22-3/h4-8,19H,1-3H3,(H2,16,21). The van der Waals surface area contributed by atoms with Gasteiger partial charge >= 0.3 is 0 Å². The highest BCUT2D eigenvalue weighted by Gasteiger charge is 2.32. The summed E-state index contributed by atoms with van der Waals surface area (Å²) in [5.41, 5.74) is 6.21. The third kappa shape index (κ3) is 2.20. The molecule has 1 aromatic carbocycles. The van der Waals surface area contributed by atoms with Gasteiger partial charge in [-0.2, -0.15) is 0 Å². The summed E-state index contributed by atoms with van der Waals surface area (Å²) in [5.74, 6) is 0.768. The zero-order chi connectivity index (χ0) is 15.9. The summed E-state index contributed by atoms with van der Waals surface area (Å²) in [6.07, 6.45) is 1.62. The van der Waals surface area contributed by atoms with E-state index < -0.39 is 11.6 Å². The number of para-hydroxylation sites is 2. The van der Waals surface area contributed by atoms with Gasteiger partial charge in [0.2, 0.25) is 0 Å². The molecule has 7 heteroatoms. The number of anilines is 1. The van der Waals surface area contributed by atoms with E-state index in [4.69, 9.17) is 10.5 Å². The topological polar surface area (TPSA) is 94.5 Å². The van der Waals surface area contributed by atoms with Crippen LogP contribution in [-0.2, 0) is 4.79 Å². The average Bonchev–Trinajstić information content (AvgIpc) is 2.88. The Bertz CT molecular complexity index is 776. The lowest BCUT2D eigenvalue weighted by Gasteiger charge is -2.29. The molecule has 3 rings (SSSR count). The van der Waals surface area contributed by atoms with Crippen molar-refractivity contribution in [2.45, 2.75) is 19.5 Å². The zero-order valence-electron chi connectivity index (χ0n) is 12.6. The summed E-state index contributed by atoms with van der Waals surface area (Å²) in [4.78, 5) is 20.3. The van der Waals surface area contributed by atoms with E-state index in [1.54, 1.807) is 13.4 Å². The Morgan fingerprint density at radius 2 is 2.09 bits per heavy atom. The minimum atomic E-state index is -0.656. The van der Waals surface area contributed by atoms with Gasteiger partial charge < -0.3 is 15.8 Å². The van der Waals surface area contributed by atoms with E-state index in [0.717, 1.165) is 5.69 Å². The van der Waals surface area contributed by atoms with Crippen molar-refractivity contribution in [1.29, 1.82) is 0 Å². The molecule has 0 bridgehead atoms. The predicted molar refractivity (Wildman–Crippen MR) is 83.5 cm³/mol. The van der Waals surface area contributed by atoms with Gasteiger partial charge in [0.05, 0.1) is 12.8 Å². The Labute approximate surface area is 127 Å². The number of carbonyl (C=O) groups is 1. The first kappa shape index (κ1) is 14.1. The van der Waals surface area contributed by atoms with Gasteiger partial charge in [0.1, 0.15) is 29.3 Å². The van der Waals surface area contributed by atoms with Crippen LogP contribution in [0.3, 0.4) is 0 Å². The van der Waals surface area contributed by atoms with E-state index in [1.807, 2.05) is 42.7 Å². The molecule has 0 spiro atoms. The number of aromatic nitrogens is 2. The molecule has 3 N–H and O–H groups in total. The van der Waals surface area contributed by atoms with Gasteiger partial charge in [-0.25, -0.2) is 9.98 Å². The Hall–Kier alpha value is -2.83. The minimum Gasteiger partial charge on any atom is -0.495 e. The molecule has 0 radical (unpaired) electrons. The van der Waals surface area contributed by atoms with Gasteiger partial charge in [0, 0.05) is 0 Å². The average molecular weight is 299 g/mol. The summed E-state index contributed by atoms with van der Waals surface area (Å²) in [5, 5.41) is 3.27. The molecule has 0 fully saturated rings. The monoisotopic (exact) mass is 299 g/mol. The Balaban J connectivity index is 2.20. The number of nitrogens with zero attached hydrogens (tertiary/aromatic N) is 3. The van der Waals surface area contributed by atoms with Crippen LogP contribution in [0, 0.1) is 0 Å². The Morgan fingerprint density at radius 3 is 2.77 bits per heavy atom.